The average molecular weight is 327 g/mol. The number of rotatable bonds is 9. The minimum Gasteiger partial charge on any atom is -0.353 e. The molecule has 1 rings (SSSR count). The molecule has 0 spiro atoms. The van der Waals surface area contributed by atoms with E-state index in [1.54, 1.807) is 0 Å². The maximum Gasteiger partial charge on any atom is 0.220 e. The molecule has 0 aliphatic heterocycles. The van der Waals surface area contributed by atoms with Crippen LogP contribution in [0.1, 0.15) is 58.4 Å². The number of amides is 1. The molecule has 22 heavy (non-hydrogen) atoms. The normalized spacial score (nSPS) is 12.4. The standard InChI is InChI=1S/C18H30N2O.ClH/c1-15(18(2,3)16-11-7-6-8-12-16)20-17(21)13-9-4-5-10-14-19;/h6-8,11-12,15H,4-5,9-10,13-14,19H2,1-3H3,(H,20,21);1H. The van der Waals surface area contributed by atoms with Crippen LogP contribution < -0.4 is 11.1 Å². The summed E-state index contributed by atoms with van der Waals surface area (Å²) in [4.78, 5) is 12.0. The van der Waals surface area contributed by atoms with E-state index in [4.69, 9.17) is 5.73 Å². The number of nitrogens with two attached hydrogens (primary N) is 1. The number of carbonyl (C=O) groups is 1. The molecule has 1 aromatic carbocycles. The van der Waals surface area contributed by atoms with Crippen LogP contribution in [-0.2, 0) is 10.2 Å². The lowest BCUT2D eigenvalue weighted by Crippen LogP contribution is -2.45. The molecule has 3 N–H and O–H groups in total. The monoisotopic (exact) mass is 326 g/mol. The number of unbranched alkanes of at least 4 members (excludes halogenated alkanes) is 3. The van der Waals surface area contributed by atoms with Crippen LogP contribution in [0.15, 0.2) is 30.3 Å². The molecule has 4 heteroatoms. The smallest absolute Gasteiger partial charge is 0.220 e. The van der Waals surface area contributed by atoms with Crippen molar-refractivity contribution in [2.75, 3.05) is 6.54 Å². The number of hydrogen-bond acceptors (Lipinski definition) is 2. The van der Waals surface area contributed by atoms with E-state index in [0.29, 0.717) is 6.42 Å². The second-order valence-electron chi connectivity index (χ2n) is 6.33. The molecular weight excluding hydrogens is 296 g/mol. The van der Waals surface area contributed by atoms with Gasteiger partial charge in [-0.1, -0.05) is 57.0 Å². The third-order valence-electron chi connectivity index (χ3n) is 4.34. The average Bonchev–Trinajstić information content (AvgIpc) is 2.47. The SMILES string of the molecule is CC(NC(=O)CCCCCCN)C(C)(C)c1ccccc1.Cl. The molecule has 0 radical (unpaired) electrons. The zero-order valence-corrected chi connectivity index (χ0v) is 14.9. The highest BCUT2D eigenvalue weighted by Gasteiger charge is 2.28. The van der Waals surface area contributed by atoms with Crippen molar-refractivity contribution in [2.45, 2.75) is 64.3 Å². The van der Waals surface area contributed by atoms with Gasteiger partial charge in [0.2, 0.25) is 5.91 Å². The van der Waals surface area contributed by atoms with Crippen molar-refractivity contribution in [1.29, 1.82) is 0 Å². The van der Waals surface area contributed by atoms with Crippen LogP contribution in [0.2, 0.25) is 0 Å². The van der Waals surface area contributed by atoms with Gasteiger partial charge in [-0.2, -0.15) is 0 Å². The van der Waals surface area contributed by atoms with E-state index in [1.165, 1.54) is 5.56 Å². The van der Waals surface area contributed by atoms with Gasteiger partial charge in [-0.25, -0.2) is 0 Å². The van der Waals surface area contributed by atoms with Gasteiger partial charge in [-0.3, -0.25) is 4.79 Å². The summed E-state index contributed by atoms with van der Waals surface area (Å²) >= 11 is 0. The number of benzene rings is 1. The van der Waals surface area contributed by atoms with E-state index in [1.807, 2.05) is 18.2 Å². The Hall–Kier alpha value is -1.06. The Balaban J connectivity index is 0.00000441. The van der Waals surface area contributed by atoms with Gasteiger partial charge in [0.25, 0.3) is 0 Å². The molecule has 1 aromatic rings. The lowest BCUT2D eigenvalue weighted by molar-refractivity contribution is -0.122. The quantitative estimate of drug-likeness (QED) is 0.678. The Kier molecular flexibility index (Phi) is 10.1. The van der Waals surface area contributed by atoms with Gasteiger partial charge in [0.1, 0.15) is 0 Å². The van der Waals surface area contributed by atoms with Crippen LogP contribution in [-0.4, -0.2) is 18.5 Å². The fraction of sp³-hybridized carbons (Fsp3) is 0.611. The van der Waals surface area contributed by atoms with E-state index >= 15 is 0 Å². The van der Waals surface area contributed by atoms with Crippen LogP contribution in [0.4, 0.5) is 0 Å². The van der Waals surface area contributed by atoms with Crippen LogP contribution in [0.5, 0.6) is 0 Å². The maximum absolute atomic E-state index is 12.0. The molecule has 3 nitrogen and oxygen atoms in total. The van der Waals surface area contributed by atoms with E-state index < -0.39 is 0 Å². The zero-order valence-electron chi connectivity index (χ0n) is 14.1. The first-order valence-electron chi connectivity index (χ1n) is 8.03. The van der Waals surface area contributed by atoms with E-state index in [0.717, 1.165) is 32.2 Å². The third kappa shape index (κ3) is 6.80. The molecule has 126 valence electrons. The Morgan fingerprint density at radius 2 is 1.73 bits per heavy atom. The van der Waals surface area contributed by atoms with E-state index in [9.17, 15) is 4.79 Å². The number of hydrogen-bond donors (Lipinski definition) is 2. The third-order valence-corrected chi connectivity index (χ3v) is 4.34. The lowest BCUT2D eigenvalue weighted by Gasteiger charge is -2.33. The van der Waals surface area contributed by atoms with Crippen LogP contribution >= 0.6 is 12.4 Å². The van der Waals surface area contributed by atoms with Crippen molar-refractivity contribution in [3.05, 3.63) is 35.9 Å². The Bertz CT molecular complexity index is 420. The topological polar surface area (TPSA) is 55.1 Å². The van der Waals surface area contributed by atoms with Crippen LogP contribution in [0.3, 0.4) is 0 Å². The Labute approximate surface area is 141 Å². The minimum absolute atomic E-state index is 0. The summed E-state index contributed by atoms with van der Waals surface area (Å²) in [6, 6.07) is 10.5. The highest BCUT2D eigenvalue weighted by molar-refractivity contribution is 5.85. The molecule has 0 saturated heterocycles. The lowest BCUT2D eigenvalue weighted by atomic mass is 9.78. The first-order chi connectivity index (χ1) is 9.98. The van der Waals surface area contributed by atoms with Crippen LogP contribution in [0.25, 0.3) is 0 Å². The summed E-state index contributed by atoms with van der Waals surface area (Å²) in [5, 5.41) is 3.15. The first kappa shape index (κ1) is 20.9. The second-order valence-corrected chi connectivity index (χ2v) is 6.33. The maximum atomic E-state index is 12.0. The number of carbonyl (C=O) groups excluding carboxylic acids is 1. The van der Waals surface area contributed by atoms with Gasteiger partial charge in [-0.05, 0) is 31.9 Å². The second kappa shape index (κ2) is 10.6. The zero-order chi connectivity index (χ0) is 15.7. The van der Waals surface area contributed by atoms with Crippen molar-refractivity contribution >= 4 is 18.3 Å². The predicted molar refractivity (Wildman–Crippen MR) is 96.5 cm³/mol. The first-order valence-corrected chi connectivity index (χ1v) is 8.03. The van der Waals surface area contributed by atoms with Gasteiger partial charge in [0, 0.05) is 17.9 Å². The summed E-state index contributed by atoms with van der Waals surface area (Å²) in [6.45, 7) is 7.18. The highest BCUT2D eigenvalue weighted by Crippen LogP contribution is 2.26. The molecule has 0 aromatic heterocycles. The summed E-state index contributed by atoms with van der Waals surface area (Å²) in [7, 11) is 0. The largest absolute Gasteiger partial charge is 0.353 e. The van der Waals surface area contributed by atoms with Gasteiger partial charge in [0.05, 0.1) is 0 Å². The molecule has 0 aliphatic rings. The molecule has 0 bridgehead atoms. The van der Waals surface area contributed by atoms with E-state index in [2.05, 4.69) is 38.2 Å². The Morgan fingerprint density at radius 1 is 1.14 bits per heavy atom. The van der Waals surface area contributed by atoms with Gasteiger partial charge >= 0.3 is 0 Å². The molecule has 0 saturated carbocycles. The van der Waals surface area contributed by atoms with Crippen molar-refractivity contribution in [1.82, 2.24) is 5.32 Å². The summed E-state index contributed by atoms with van der Waals surface area (Å²) in [5.41, 5.74) is 6.64. The summed E-state index contributed by atoms with van der Waals surface area (Å²) in [6.07, 6.45) is 4.82. The van der Waals surface area contributed by atoms with Crippen LogP contribution in [0, 0.1) is 0 Å². The van der Waals surface area contributed by atoms with Crippen molar-refractivity contribution < 1.29 is 4.79 Å². The highest BCUT2D eigenvalue weighted by atomic mass is 35.5. The molecule has 0 fully saturated rings. The van der Waals surface area contributed by atoms with Gasteiger partial charge < -0.3 is 11.1 Å². The molecular formula is C18H31ClN2O. The molecule has 1 atom stereocenters. The summed E-state index contributed by atoms with van der Waals surface area (Å²) in [5.74, 6) is 0.152. The van der Waals surface area contributed by atoms with Crippen molar-refractivity contribution in [2.24, 2.45) is 5.73 Å². The molecule has 1 amide bonds. The summed E-state index contributed by atoms with van der Waals surface area (Å²) < 4.78 is 0. The predicted octanol–water partition coefficient (Wildman–Crippen LogP) is 3.80. The number of nitrogens with one attached hydrogen (secondary N) is 1. The molecule has 0 aliphatic carbocycles. The fourth-order valence-corrected chi connectivity index (χ4v) is 2.40. The van der Waals surface area contributed by atoms with Crippen molar-refractivity contribution in [3.63, 3.8) is 0 Å². The Morgan fingerprint density at radius 3 is 2.32 bits per heavy atom. The molecule has 0 heterocycles. The van der Waals surface area contributed by atoms with Gasteiger partial charge in [0.15, 0.2) is 0 Å². The number of halogens is 1. The minimum atomic E-state index is -0.0729. The molecule has 1 unspecified atom stereocenters. The van der Waals surface area contributed by atoms with Gasteiger partial charge in [-0.15, -0.1) is 12.4 Å². The van der Waals surface area contributed by atoms with E-state index in [-0.39, 0.29) is 29.8 Å². The van der Waals surface area contributed by atoms with Crippen molar-refractivity contribution in [3.8, 4) is 0 Å². The fourth-order valence-electron chi connectivity index (χ4n) is 2.40.